The van der Waals surface area contributed by atoms with Gasteiger partial charge in [0.1, 0.15) is 24.3 Å². The molecule has 0 aliphatic carbocycles. The summed E-state index contributed by atoms with van der Waals surface area (Å²) in [5.74, 6) is 0. The molecular weight excluding hydrogens is 406 g/mol. The molecule has 2 heterocycles. The highest BCUT2D eigenvalue weighted by atomic mass is 14.9. The lowest BCUT2D eigenvalue weighted by Crippen LogP contribution is -2.03. The molecule has 0 unspecified atom stereocenters. The summed E-state index contributed by atoms with van der Waals surface area (Å²) in [4.78, 5) is 0. The van der Waals surface area contributed by atoms with Crippen molar-refractivity contribution in [2.45, 2.75) is 0 Å². The molecular formula is C28H11N5. The lowest BCUT2D eigenvalue weighted by molar-refractivity contribution is 1.27. The number of benzene rings is 4. The Bertz CT molecular complexity index is 2020. The topological polar surface area (TPSA) is 99.6 Å². The molecule has 0 N–H and O–H groups in total. The fourth-order valence-electron chi connectivity index (χ4n) is 5.01. The van der Waals surface area contributed by atoms with Crippen molar-refractivity contribution in [1.29, 1.82) is 21.0 Å². The Hall–Kier alpha value is -5.36. The van der Waals surface area contributed by atoms with E-state index >= 15 is 0 Å². The standard InChI is InChI=1S/C28H11N5/c29-11-21-22(12-30)24(14-32)28-26(23(21)13-31)25-18-7-3-1-5-16(18)9-10-20(25)27-19-8-4-2-6-17(19)15-33(27)28/h1-10,15H. The predicted molar refractivity (Wildman–Crippen MR) is 126 cm³/mol. The Balaban J connectivity index is 2.15. The molecule has 148 valence electrons. The van der Waals surface area contributed by atoms with Crippen LogP contribution in [0.3, 0.4) is 0 Å². The van der Waals surface area contributed by atoms with Crippen LogP contribution in [0.4, 0.5) is 0 Å². The van der Waals surface area contributed by atoms with Crippen molar-refractivity contribution in [2.75, 3.05) is 0 Å². The summed E-state index contributed by atoms with van der Waals surface area (Å²) in [6.07, 6.45) is 1.93. The van der Waals surface area contributed by atoms with Crippen LogP contribution in [0.15, 0.2) is 66.9 Å². The average molecular weight is 417 g/mol. The maximum Gasteiger partial charge on any atom is 0.103 e. The average Bonchev–Trinajstić information content (AvgIpc) is 3.26. The molecule has 0 atom stereocenters. The minimum atomic E-state index is -0.0670. The Morgan fingerprint density at radius 3 is 1.79 bits per heavy atom. The van der Waals surface area contributed by atoms with E-state index in [9.17, 15) is 21.0 Å². The van der Waals surface area contributed by atoms with Crippen molar-refractivity contribution in [1.82, 2.24) is 4.40 Å². The van der Waals surface area contributed by atoms with E-state index in [4.69, 9.17) is 0 Å². The van der Waals surface area contributed by atoms with Gasteiger partial charge in [0, 0.05) is 33.1 Å². The lowest BCUT2D eigenvalue weighted by atomic mass is 9.88. The van der Waals surface area contributed by atoms with Crippen LogP contribution in [-0.2, 0) is 0 Å². The number of aromatic nitrogens is 1. The van der Waals surface area contributed by atoms with E-state index in [0.29, 0.717) is 10.9 Å². The summed E-state index contributed by atoms with van der Waals surface area (Å²) in [6.45, 7) is 0. The molecule has 0 radical (unpaired) electrons. The third kappa shape index (κ3) is 2.21. The van der Waals surface area contributed by atoms with Gasteiger partial charge in [0.05, 0.1) is 33.3 Å². The summed E-state index contributed by atoms with van der Waals surface area (Å²) < 4.78 is 1.90. The van der Waals surface area contributed by atoms with Crippen LogP contribution in [0.5, 0.6) is 0 Å². The van der Waals surface area contributed by atoms with Gasteiger partial charge in [-0.1, -0.05) is 60.7 Å². The van der Waals surface area contributed by atoms with E-state index in [1.54, 1.807) is 0 Å². The lowest BCUT2D eigenvalue weighted by Gasteiger charge is -2.16. The first-order chi connectivity index (χ1) is 16.2. The van der Waals surface area contributed by atoms with Gasteiger partial charge in [0.2, 0.25) is 0 Å². The minimum absolute atomic E-state index is 0.0608. The van der Waals surface area contributed by atoms with Crippen LogP contribution >= 0.6 is 0 Å². The summed E-state index contributed by atoms with van der Waals surface area (Å²) >= 11 is 0. The Kier molecular flexibility index (Phi) is 3.66. The molecule has 0 bridgehead atoms. The van der Waals surface area contributed by atoms with Gasteiger partial charge in [-0.2, -0.15) is 21.0 Å². The third-order valence-corrected chi connectivity index (χ3v) is 6.32. The molecule has 33 heavy (non-hydrogen) atoms. The smallest absolute Gasteiger partial charge is 0.103 e. The number of rotatable bonds is 0. The van der Waals surface area contributed by atoms with E-state index in [2.05, 4.69) is 12.1 Å². The van der Waals surface area contributed by atoms with Gasteiger partial charge in [-0.3, -0.25) is 0 Å². The van der Waals surface area contributed by atoms with E-state index in [1.165, 1.54) is 0 Å². The van der Waals surface area contributed by atoms with Crippen molar-refractivity contribution in [3.05, 3.63) is 89.1 Å². The molecule has 0 saturated heterocycles. The number of nitriles is 4. The zero-order valence-electron chi connectivity index (χ0n) is 17.1. The third-order valence-electron chi connectivity index (χ3n) is 6.32. The fourth-order valence-corrected chi connectivity index (χ4v) is 5.01. The molecule has 6 aromatic rings. The van der Waals surface area contributed by atoms with Crippen molar-refractivity contribution in [2.24, 2.45) is 0 Å². The van der Waals surface area contributed by atoms with Crippen LogP contribution in [0.25, 0.3) is 48.7 Å². The van der Waals surface area contributed by atoms with Crippen LogP contribution in [0.1, 0.15) is 22.3 Å². The van der Waals surface area contributed by atoms with Gasteiger partial charge < -0.3 is 4.40 Å². The molecule has 0 aliphatic rings. The number of hydrogen-bond acceptors (Lipinski definition) is 4. The quantitative estimate of drug-likeness (QED) is 0.281. The monoisotopic (exact) mass is 417 g/mol. The molecule has 5 heteroatoms. The molecule has 0 spiro atoms. The Morgan fingerprint density at radius 2 is 1.09 bits per heavy atom. The first kappa shape index (κ1) is 18.4. The van der Waals surface area contributed by atoms with E-state index in [0.717, 1.165) is 37.8 Å². The zero-order chi connectivity index (χ0) is 22.7. The summed E-state index contributed by atoms with van der Waals surface area (Å²) in [5.41, 5.74) is 1.46. The molecule has 6 rings (SSSR count). The first-order valence-electron chi connectivity index (χ1n) is 10.2. The summed E-state index contributed by atoms with van der Waals surface area (Å²) in [5, 5.41) is 46.2. The molecule has 4 aromatic carbocycles. The van der Waals surface area contributed by atoms with E-state index in [-0.39, 0.29) is 22.3 Å². The maximum atomic E-state index is 10.2. The van der Waals surface area contributed by atoms with Crippen LogP contribution in [-0.4, -0.2) is 4.40 Å². The van der Waals surface area contributed by atoms with Crippen LogP contribution < -0.4 is 0 Å². The van der Waals surface area contributed by atoms with Gasteiger partial charge in [0.25, 0.3) is 0 Å². The molecule has 0 aliphatic heterocycles. The molecule has 0 saturated carbocycles. The predicted octanol–water partition coefficient (Wildman–Crippen LogP) is 6.04. The van der Waals surface area contributed by atoms with Gasteiger partial charge in [0.15, 0.2) is 0 Å². The minimum Gasteiger partial charge on any atom is -0.313 e. The second kappa shape index (κ2) is 6.57. The highest BCUT2D eigenvalue weighted by Gasteiger charge is 2.25. The number of nitrogens with zero attached hydrogens (tertiary/aromatic N) is 5. The number of fused-ring (bicyclic) bond motifs is 10. The highest BCUT2D eigenvalue weighted by Crippen LogP contribution is 2.42. The van der Waals surface area contributed by atoms with Crippen LogP contribution in [0.2, 0.25) is 0 Å². The van der Waals surface area contributed by atoms with Crippen molar-refractivity contribution < 1.29 is 0 Å². The summed E-state index contributed by atoms with van der Waals surface area (Å²) in [7, 11) is 0. The van der Waals surface area contributed by atoms with Gasteiger partial charge in [-0.05, 0) is 10.8 Å². The number of pyridine rings is 1. The molecule has 0 amide bonds. The van der Waals surface area contributed by atoms with Gasteiger partial charge in [-0.25, -0.2) is 0 Å². The second-order valence-electron chi connectivity index (χ2n) is 7.82. The molecule has 2 aromatic heterocycles. The second-order valence-corrected chi connectivity index (χ2v) is 7.82. The van der Waals surface area contributed by atoms with Crippen molar-refractivity contribution in [3.63, 3.8) is 0 Å². The van der Waals surface area contributed by atoms with Gasteiger partial charge in [-0.15, -0.1) is 0 Å². The van der Waals surface area contributed by atoms with Crippen LogP contribution in [0, 0.1) is 45.3 Å². The summed E-state index contributed by atoms with van der Waals surface area (Å²) in [6, 6.07) is 28.2. The Labute approximate surface area is 187 Å². The number of hydrogen-bond donors (Lipinski definition) is 0. The molecule has 0 fully saturated rings. The maximum absolute atomic E-state index is 10.2. The fraction of sp³-hybridized carbons (Fsp3) is 0. The SMILES string of the molecule is N#Cc1c(C#N)c(C#N)c2c(c1C#N)c1c3ccccc3ccc1c1c3ccccc3cn21. The van der Waals surface area contributed by atoms with E-state index in [1.807, 2.05) is 83.4 Å². The van der Waals surface area contributed by atoms with Crippen molar-refractivity contribution >= 4 is 48.7 Å². The zero-order valence-corrected chi connectivity index (χ0v) is 17.1. The van der Waals surface area contributed by atoms with E-state index < -0.39 is 0 Å². The Morgan fingerprint density at radius 1 is 0.485 bits per heavy atom. The van der Waals surface area contributed by atoms with Gasteiger partial charge >= 0.3 is 0 Å². The normalized spacial score (nSPS) is 10.9. The highest BCUT2D eigenvalue weighted by molar-refractivity contribution is 6.29. The first-order valence-corrected chi connectivity index (χ1v) is 10.2. The van der Waals surface area contributed by atoms with Crippen molar-refractivity contribution in [3.8, 4) is 24.3 Å². The molecule has 5 nitrogen and oxygen atoms in total. The largest absolute Gasteiger partial charge is 0.313 e.